The van der Waals surface area contributed by atoms with Crippen molar-refractivity contribution in [1.29, 1.82) is 0 Å². The summed E-state index contributed by atoms with van der Waals surface area (Å²) in [4.78, 5) is 26.4. The first-order chi connectivity index (χ1) is 13.0. The summed E-state index contributed by atoms with van der Waals surface area (Å²) in [5, 5.41) is 3.49. The molecule has 136 valence electrons. The van der Waals surface area contributed by atoms with E-state index in [2.05, 4.69) is 5.32 Å². The summed E-state index contributed by atoms with van der Waals surface area (Å²) in [5.41, 5.74) is 2.78. The van der Waals surface area contributed by atoms with E-state index in [9.17, 15) is 9.59 Å². The van der Waals surface area contributed by atoms with E-state index in [1.54, 1.807) is 60.5 Å². The Morgan fingerprint density at radius 1 is 0.852 bits per heavy atom. The topological polar surface area (TPSA) is 49.4 Å². The predicted octanol–water partition coefficient (Wildman–Crippen LogP) is 4.86. The van der Waals surface area contributed by atoms with E-state index >= 15 is 0 Å². The van der Waals surface area contributed by atoms with Gasteiger partial charge in [0.2, 0.25) is 0 Å². The van der Waals surface area contributed by atoms with Crippen LogP contribution in [0, 0.1) is 0 Å². The van der Waals surface area contributed by atoms with Crippen LogP contribution in [0.5, 0.6) is 0 Å². The van der Waals surface area contributed by atoms with Crippen LogP contribution in [-0.2, 0) is 6.54 Å². The fourth-order valence-electron chi connectivity index (χ4n) is 2.64. The van der Waals surface area contributed by atoms with Crippen molar-refractivity contribution in [2.45, 2.75) is 6.54 Å². The van der Waals surface area contributed by atoms with E-state index in [1.807, 2.05) is 30.3 Å². The molecule has 0 atom stereocenters. The number of carbonyl (C=O) groups is 2. The van der Waals surface area contributed by atoms with Gasteiger partial charge in [-0.05, 0) is 54.1 Å². The lowest BCUT2D eigenvalue weighted by atomic mass is 10.1. The van der Waals surface area contributed by atoms with Crippen molar-refractivity contribution in [1.82, 2.24) is 4.90 Å². The second kappa shape index (κ2) is 8.52. The predicted molar refractivity (Wildman–Crippen MR) is 108 cm³/mol. The number of anilines is 1. The van der Waals surface area contributed by atoms with E-state index in [0.29, 0.717) is 28.4 Å². The Morgan fingerprint density at radius 2 is 1.48 bits per heavy atom. The monoisotopic (exact) mass is 378 g/mol. The summed E-state index contributed by atoms with van der Waals surface area (Å²) in [6.45, 7) is 0.489. The highest BCUT2D eigenvalue weighted by Gasteiger charge is 2.12. The van der Waals surface area contributed by atoms with Gasteiger partial charge in [-0.15, -0.1) is 0 Å². The summed E-state index contributed by atoms with van der Waals surface area (Å²) in [7, 11) is 1.75. The third kappa shape index (κ3) is 4.96. The quantitative estimate of drug-likeness (QED) is 0.688. The lowest BCUT2D eigenvalue weighted by molar-refractivity contribution is 0.0785. The zero-order valence-corrected chi connectivity index (χ0v) is 15.6. The minimum atomic E-state index is -0.186. The molecule has 0 aliphatic heterocycles. The normalized spacial score (nSPS) is 10.3. The zero-order valence-electron chi connectivity index (χ0n) is 14.9. The second-order valence-corrected chi connectivity index (χ2v) is 6.62. The number of hydrogen-bond donors (Lipinski definition) is 1. The molecule has 0 radical (unpaired) electrons. The van der Waals surface area contributed by atoms with Crippen LogP contribution in [0.15, 0.2) is 78.9 Å². The molecule has 0 aromatic heterocycles. The van der Waals surface area contributed by atoms with Gasteiger partial charge in [0.25, 0.3) is 11.8 Å². The third-order valence-electron chi connectivity index (χ3n) is 4.11. The minimum Gasteiger partial charge on any atom is -0.337 e. The molecule has 3 aromatic rings. The van der Waals surface area contributed by atoms with Crippen LogP contribution in [0.1, 0.15) is 26.3 Å². The Balaban J connectivity index is 1.63. The molecule has 0 fully saturated rings. The summed E-state index contributed by atoms with van der Waals surface area (Å²) in [6.07, 6.45) is 0. The SMILES string of the molecule is CN(Cc1ccc(Cl)cc1)C(=O)c1ccc(NC(=O)c2ccccc2)cc1. The average molecular weight is 379 g/mol. The molecule has 0 heterocycles. The molecule has 0 spiro atoms. The van der Waals surface area contributed by atoms with Crippen LogP contribution >= 0.6 is 11.6 Å². The summed E-state index contributed by atoms with van der Waals surface area (Å²) in [5.74, 6) is -0.277. The van der Waals surface area contributed by atoms with Crippen LogP contribution in [0.4, 0.5) is 5.69 Å². The highest BCUT2D eigenvalue weighted by molar-refractivity contribution is 6.30. The van der Waals surface area contributed by atoms with Gasteiger partial charge in [0.05, 0.1) is 0 Å². The van der Waals surface area contributed by atoms with E-state index in [0.717, 1.165) is 5.56 Å². The van der Waals surface area contributed by atoms with Gasteiger partial charge in [-0.1, -0.05) is 41.9 Å². The minimum absolute atomic E-state index is 0.0918. The van der Waals surface area contributed by atoms with Crippen LogP contribution in [0.2, 0.25) is 5.02 Å². The van der Waals surface area contributed by atoms with Gasteiger partial charge in [0, 0.05) is 35.4 Å². The molecular formula is C22H19ClN2O2. The Kier molecular flexibility index (Phi) is 5.89. The summed E-state index contributed by atoms with van der Waals surface area (Å²) < 4.78 is 0. The first-order valence-electron chi connectivity index (χ1n) is 8.49. The van der Waals surface area contributed by atoms with Crippen LogP contribution in [0.25, 0.3) is 0 Å². The van der Waals surface area contributed by atoms with E-state index in [4.69, 9.17) is 11.6 Å². The van der Waals surface area contributed by atoms with Crippen molar-refractivity contribution in [3.05, 3.63) is 101 Å². The van der Waals surface area contributed by atoms with E-state index in [-0.39, 0.29) is 11.8 Å². The molecule has 4 nitrogen and oxygen atoms in total. The smallest absolute Gasteiger partial charge is 0.255 e. The van der Waals surface area contributed by atoms with Crippen LogP contribution < -0.4 is 5.32 Å². The molecule has 0 aliphatic rings. The molecule has 2 amide bonds. The maximum atomic E-state index is 12.6. The van der Waals surface area contributed by atoms with E-state index < -0.39 is 0 Å². The number of benzene rings is 3. The van der Waals surface area contributed by atoms with Gasteiger partial charge in [-0.3, -0.25) is 9.59 Å². The maximum absolute atomic E-state index is 12.6. The van der Waals surface area contributed by atoms with E-state index in [1.165, 1.54) is 0 Å². The maximum Gasteiger partial charge on any atom is 0.255 e. The first kappa shape index (κ1) is 18.7. The van der Waals surface area contributed by atoms with Crippen molar-refractivity contribution >= 4 is 29.1 Å². The van der Waals surface area contributed by atoms with Crippen molar-refractivity contribution in [2.75, 3.05) is 12.4 Å². The number of rotatable bonds is 5. The van der Waals surface area contributed by atoms with Crippen molar-refractivity contribution < 1.29 is 9.59 Å². The number of carbonyl (C=O) groups excluding carboxylic acids is 2. The van der Waals surface area contributed by atoms with Gasteiger partial charge in [0.1, 0.15) is 0 Å². The first-order valence-corrected chi connectivity index (χ1v) is 8.87. The van der Waals surface area contributed by atoms with Gasteiger partial charge >= 0.3 is 0 Å². The lowest BCUT2D eigenvalue weighted by Crippen LogP contribution is -2.26. The van der Waals surface area contributed by atoms with Gasteiger partial charge < -0.3 is 10.2 Å². The molecule has 0 unspecified atom stereocenters. The average Bonchev–Trinajstić information content (AvgIpc) is 2.70. The largest absolute Gasteiger partial charge is 0.337 e. The van der Waals surface area contributed by atoms with Gasteiger partial charge in [-0.2, -0.15) is 0 Å². The number of hydrogen-bond acceptors (Lipinski definition) is 2. The van der Waals surface area contributed by atoms with Crippen LogP contribution in [0.3, 0.4) is 0 Å². The molecule has 0 saturated heterocycles. The molecule has 1 N–H and O–H groups in total. The van der Waals surface area contributed by atoms with Gasteiger partial charge in [0.15, 0.2) is 0 Å². The lowest BCUT2D eigenvalue weighted by Gasteiger charge is -2.17. The highest BCUT2D eigenvalue weighted by Crippen LogP contribution is 2.15. The Labute approximate surface area is 163 Å². The number of nitrogens with one attached hydrogen (secondary N) is 1. The van der Waals surface area contributed by atoms with Gasteiger partial charge in [-0.25, -0.2) is 0 Å². The summed E-state index contributed by atoms with van der Waals surface area (Å²) in [6, 6.07) is 23.3. The number of amides is 2. The summed E-state index contributed by atoms with van der Waals surface area (Å²) >= 11 is 5.89. The van der Waals surface area contributed by atoms with Crippen molar-refractivity contribution in [2.24, 2.45) is 0 Å². The molecule has 3 rings (SSSR count). The van der Waals surface area contributed by atoms with Crippen molar-refractivity contribution in [3.8, 4) is 0 Å². The molecule has 27 heavy (non-hydrogen) atoms. The fourth-order valence-corrected chi connectivity index (χ4v) is 2.77. The zero-order chi connectivity index (χ0) is 19.2. The highest BCUT2D eigenvalue weighted by atomic mass is 35.5. The fraction of sp³-hybridized carbons (Fsp3) is 0.0909. The Morgan fingerprint density at radius 3 is 2.11 bits per heavy atom. The molecule has 0 saturated carbocycles. The Bertz CT molecular complexity index is 923. The molecular weight excluding hydrogens is 360 g/mol. The second-order valence-electron chi connectivity index (χ2n) is 6.19. The standard InChI is InChI=1S/C22H19ClN2O2/c1-25(15-16-7-11-19(23)12-8-16)22(27)18-9-13-20(14-10-18)24-21(26)17-5-3-2-4-6-17/h2-14H,15H2,1H3,(H,24,26). The molecule has 3 aromatic carbocycles. The Hall–Kier alpha value is -3.11. The molecule has 5 heteroatoms. The number of halogens is 1. The molecule has 0 bridgehead atoms. The van der Waals surface area contributed by atoms with Crippen molar-refractivity contribution in [3.63, 3.8) is 0 Å². The van der Waals surface area contributed by atoms with Crippen LogP contribution in [-0.4, -0.2) is 23.8 Å². The third-order valence-corrected chi connectivity index (χ3v) is 4.36. The number of nitrogens with zero attached hydrogens (tertiary/aromatic N) is 1. The molecule has 0 aliphatic carbocycles.